The van der Waals surface area contributed by atoms with Crippen LogP contribution < -0.4 is 0 Å². The second-order valence-electron chi connectivity index (χ2n) is 4.09. The maximum atomic E-state index is 12.5. The number of thiophene rings is 1. The van der Waals surface area contributed by atoms with E-state index in [0.29, 0.717) is 11.0 Å². The van der Waals surface area contributed by atoms with Gasteiger partial charge in [0.05, 0.1) is 8.68 Å². The zero-order chi connectivity index (χ0) is 14.9. The van der Waals surface area contributed by atoms with Crippen molar-refractivity contribution in [2.24, 2.45) is 0 Å². The molecule has 2 rings (SSSR count). The van der Waals surface area contributed by atoms with Crippen LogP contribution in [0.25, 0.3) is 0 Å². The van der Waals surface area contributed by atoms with Crippen molar-refractivity contribution >= 4 is 69.1 Å². The van der Waals surface area contributed by atoms with E-state index in [1.54, 1.807) is 25.2 Å². The van der Waals surface area contributed by atoms with Crippen molar-refractivity contribution < 1.29 is 8.42 Å². The highest BCUT2D eigenvalue weighted by atomic mass is 79.9. The molecule has 20 heavy (non-hydrogen) atoms. The molecule has 1 aromatic carbocycles. The summed E-state index contributed by atoms with van der Waals surface area (Å²) in [7, 11) is -1.94. The van der Waals surface area contributed by atoms with Gasteiger partial charge in [-0.1, -0.05) is 15.9 Å². The van der Waals surface area contributed by atoms with E-state index in [1.165, 1.54) is 15.6 Å². The molecule has 0 unspecified atom stereocenters. The molecule has 1 heterocycles. The highest BCUT2D eigenvalue weighted by molar-refractivity contribution is 9.11. The number of benzene rings is 1. The summed E-state index contributed by atoms with van der Waals surface area (Å²) in [6, 6.07) is 6.95. The molecule has 1 aromatic heterocycles. The van der Waals surface area contributed by atoms with Gasteiger partial charge in [-0.05, 0) is 67.1 Å². The third-order valence-electron chi connectivity index (χ3n) is 2.61. The molecule has 0 N–H and O–H groups in total. The topological polar surface area (TPSA) is 37.4 Å². The Labute approximate surface area is 147 Å². The van der Waals surface area contributed by atoms with Gasteiger partial charge >= 0.3 is 0 Å². The number of hydrogen-bond acceptors (Lipinski definition) is 3. The van der Waals surface area contributed by atoms with Gasteiger partial charge in [-0.2, -0.15) is 4.31 Å². The number of sulfonamides is 1. The van der Waals surface area contributed by atoms with Gasteiger partial charge in [0.25, 0.3) is 0 Å². The molecule has 3 nitrogen and oxygen atoms in total. The van der Waals surface area contributed by atoms with Crippen LogP contribution in [0, 0.1) is 0 Å². The van der Waals surface area contributed by atoms with Crippen LogP contribution in [0.2, 0.25) is 0 Å². The maximum absolute atomic E-state index is 12.5. The van der Waals surface area contributed by atoms with E-state index in [4.69, 9.17) is 0 Å². The van der Waals surface area contributed by atoms with Gasteiger partial charge in [0.15, 0.2) is 0 Å². The summed E-state index contributed by atoms with van der Waals surface area (Å²) < 4.78 is 28.8. The largest absolute Gasteiger partial charge is 0.244 e. The molecule has 108 valence electrons. The second-order valence-corrected chi connectivity index (χ2v) is 10.2. The lowest BCUT2D eigenvalue weighted by atomic mass is 10.3. The Kier molecular flexibility index (Phi) is 5.47. The molecule has 2 aromatic rings. The third-order valence-corrected chi connectivity index (χ3v) is 7.44. The minimum absolute atomic E-state index is 0.262. The smallest absolute Gasteiger partial charge is 0.207 e. The van der Waals surface area contributed by atoms with Crippen molar-refractivity contribution in [3.05, 3.63) is 47.9 Å². The summed E-state index contributed by atoms with van der Waals surface area (Å²) in [4.78, 5) is 0.262. The highest BCUT2D eigenvalue weighted by Gasteiger charge is 2.23. The van der Waals surface area contributed by atoms with Crippen molar-refractivity contribution in [2.45, 2.75) is 11.4 Å². The Morgan fingerprint density at radius 3 is 2.45 bits per heavy atom. The van der Waals surface area contributed by atoms with Crippen LogP contribution in [-0.4, -0.2) is 19.8 Å². The second kappa shape index (κ2) is 6.58. The van der Waals surface area contributed by atoms with E-state index in [1.807, 2.05) is 11.4 Å². The molecule has 0 fully saturated rings. The molecular formula is C12H10Br3NO2S2. The summed E-state index contributed by atoms with van der Waals surface area (Å²) >= 11 is 11.5. The number of halogens is 3. The van der Waals surface area contributed by atoms with Crippen LogP contribution in [-0.2, 0) is 16.6 Å². The van der Waals surface area contributed by atoms with Crippen LogP contribution in [0.3, 0.4) is 0 Å². The first-order valence-corrected chi connectivity index (χ1v) is 10.1. The Hall–Kier alpha value is 0.270. The Morgan fingerprint density at radius 2 is 1.90 bits per heavy atom. The summed E-state index contributed by atoms with van der Waals surface area (Å²) in [5, 5.41) is 1.94. The zero-order valence-electron chi connectivity index (χ0n) is 10.3. The van der Waals surface area contributed by atoms with Gasteiger partial charge in [0.2, 0.25) is 10.0 Å². The molecule has 0 aliphatic rings. The SMILES string of the molecule is CN(Cc1csc(Br)c1)S(=O)(=O)c1ccc(Br)cc1Br. The molecule has 0 radical (unpaired) electrons. The van der Waals surface area contributed by atoms with Gasteiger partial charge in [0, 0.05) is 22.5 Å². The molecule has 0 spiro atoms. The lowest BCUT2D eigenvalue weighted by molar-refractivity contribution is 0.467. The lowest BCUT2D eigenvalue weighted by Crippen LogP contribution is -2.26. The number of hydrogen-bond donors (Lipinski definition) is 0. The summed E-state index contributed by atoms with van der Waals surface area (Å²) in [6.45, 7) is 0.340. The predicted molar refractivity (Wildman–Crippen MR) is 92.5 cm³/mol. The van der Waals surface area contributed by atoms with Gasteiger partial charge < -0.3 is 0 Å². The van der Waals surface area contributed by atoms with Crippen molar-refractivity contribution in [1.29, 1.82) is 0 Å². The summed E-state index contributed by atoms with van der Waals surface area (Å²) in [6.07, 6.45) is 0. The number of rotatable bonds is 4. The van der Waals surface area contributed by atoms with E-state index in [0.717, 1.165) is 13.8 Å². The van der Waals surface area contributed by atoms with Crippen molar-refractivity contribution in [2.75, 3.05) is 7.05 Å². The fourth-order valence-electron chi connectivity index (χ4n) is 1.62. The molecule has 0 aliphatic heterocycles. The predicted octanol–water partition coefficient (Wildman–Crippen LogP) is 4.86. The van der Waals surface area contributed by atoms with E-state index >= 15 is 0 Å². The minimum atomic E-state index is -3.52. The number of nitrogens with zero attached hydrogens (tertiary/aromatic N) is 1. The zero-order valence-corrected chi connectivity index (χ0v) is 16.7. The van der Waals surface area contributed by atoms with Gasteiger partial charge in [-0.25, -0.2) is 8.42 Å². The first kappa shape index (κ1) is 16.6. The Balaban J connectivity index is 2.29. The van der Waals surface area contributed by atoms with Crippen LogP contribution in [0.5, 0.6) is 0 Å². The Bertz CT molecular complexity index is 728. The lowest BCUT2D eigenvalue weighted by Gasteiger charge is -2.17. The normalized spacial score (nSPS) is 12.1. The first-order chi connectivity index (χ1) is 9.30. The molecular weight excluding hydrogens is 494 g/mol. The van der Waals surface area contributed by atoms with E-state index in [-0.39, 0.29) is 4.90 Å². The fourth-order valence-corrected chi connectivity index (χ4v) is 5.68. The van der Waals surface area contributed by atoms with Crippen LogP contribution in [0.15, 0.2) is 47.3 Å². The maximum Gasteiger partial charge on any atom is 0.244 e. The Morgan fingerprint density at radius 1 is 1.20 bits per heavy atom. The van der Waals surface area contributed by atoms with Gasteiger partial charge in [-0.3, -0.25) is 0 Å². The fraction of sp³-hybridized carbons (Fsp3) is 0.167. The van der Waals surface area contributed by atoms with E-state index < -0.39 is 10.0 Å². The summed E-state index contributed by atoms with van der Waals surface area (Å²) in [5.74, 6) is 0. The standard InChI is InChI=1S/C12H10Br3NO2S2/c1-16(6-8-4-12(15)19-7-8)20(17,18)11-3-2-9(13)5-10(11)14/h2-5,7H,6H2,1H3. The van der Waals surface area contributed by atoms with Gasteiger partial charge in [0.1, 0.15) is 0 Å². The molecule has 0 amide bonds. The monoisotopic (exact) mass is 501 g/mol. The molecule has 0 saturated heterocycles. The van der Waals surface area contributed by atoms with Gasteiger partial charge in [-0.15, -0.1) is 11.3 Å². The molecule has 0 saturated carbocycles. The van der Waals surface area contributed by atoms with Crippen molar-refractivity contribution in [1.82, 2.24) is 4.31 Å². The highest BCUT2D eigenvalue weighted by Crippen LogP contribution is 2.29. The molecule has 0 aliphatic carbocycles. The summed E-state index contributed by atoms with van der Waals surface area (Å²) in [5.41, 5.74) is 0.959. The quantitative estimate of drug-likeness (QED) is 0.597. The van der Waals surface area contributed by atoms with Crippen LogP contribution in [0.4, 0.5) is 0 Å². The molecule has 0 bridgehead atoms. The van der Waals surface area contributed by atoms with E-state index in [2.05, 4.69) is 47.8 Å². The molecule has 8 heteroatoms. The minimum Gasteiger partial charge on any atom is -0.207 e. The van der Waals surface area contributed by atoms with Crippen LogP contribution in [0.1, 0.15) is 5.56 Å². The van der Waals surface area contributed by atoms with Crippen molar-refractivity contribution in [3.8, 4) is 0 Å². The average molecular weight is 504 g/mol. The van der Waals surface area contributed by atoms with Crippen molar-refractivity contribution in [3.63, 3.8) is 0 Å². The third kappa shape index (κ3) is 3.72. The van der Waals surface area contributed by atoms with Crippen LogP contribution >= 0.6 is 59.1 Å². The average Bonchev–Trinajstić information content (AvgIpc) is 2.74. The first-order valence-electron chi connectivity index (χ1n) is 5.45. The van der Waals surface area contributed by atoms with E-state index in [9.17, 15) is 8.42 Å². The molecule has 0 atom stereocenters.